The summed E-state index contributed by atoms with van der Waals surface area (Å²) >= 11 is 0. The van der Waals surface area contributed by atoms with Gasteiger partial charge in [0.2, 0.25) is 17.8 Å². The fourth-order valence-electron chi connectivity index (χ4n) is 2.84. The van der Waals surface area contributed by atoms with Crippen LogP contribution in [0, 0.1) is 0 Å². The van der Waals surface area contributed by atoms with Gasteiger partial charge in [-0.1, -0.05) is 26.0 Å². The Labute approximate surface area is 147 Å². The highest BCUT2D eigenvalue weighted by Gasteiger charge is 2.29. The summed E-state index contributed by atoms with van der Waals surface area (Å²) in [6.07, 6.45) is 0.0593. The van der Waals surface area contributed by atoms with Crippen LogP contribution >= 0.6 is 0 Å². The third-order valence-corrected chi connectivity index (χ3v) is 4.37. The molecule has 1 fully saturated rings. The van der Waals surface area contributed by atoms with E-state index >= 15 is 0 Å². The number of aliphatic imine (C=N–C) groups is 1. The van der Waals surface area contributed by atoms with Crippen molar-refractivity contribution in [2.24, 2.45) is 4.99 Å². The van der Waals surface area contributed by atoms with Gasteiger partial charge in [-0.05, 0) is 23.6 Å². The van der Waals surface area contributed by atoms with Crippen molar-refractivity contribution < 1.29 is 14.3 Å². The number of guanidine groups is 1. The fraction of sp³-hybridized carbons (Fsp3) is 0.500. The predicted octanol–water partition coefficient (Wildman–Crippen LogP) is 1.33. The molecule has 25 heavy (non-hydrogen) atoms. The van der Waals surface area contributed by atoms with Gasteiger partial charge in [0.05, 0.1) is 19.6 Å². The van der Waals surface area contributed by atoms with E-state index in [9.17, 15) is 9.59 Å². The van der Waals surface area contributed by atoms with Crippen LogP contribution in [0.4, 0.5) is 5.69 Å². The minimum atomic E-state index is -0.712. The molecule has 0 aliphatic carbocycles. The van der Waals surface area contributed by atoms with Gasteiger partial charge in [-0.3, -0.25) is 14.9 Å². The maximum Gasteiger partial charge on any atom is 0.249 e. The van der Waals surface area contributed by atoms with Crippen LogP contribution in [0.25, 0.3) is 0 Å². The molecule has 2 aliphatic heterocycles. The summed E-state index contributed by atoms with van der Waals surface area (Å²) in [4.78, 5) is 30.9. The van der Waals surface area contributed by atoms with Gasteiger partial charge in [0, 0.05) is 18.8 Å². The molecule has 0 unspecified atom stereocenters. The number of hydrogen-bond acceptors (Lipinski definition) is 5. The van der Waals surface area contributed by atoms with Gasteiger partial charge >= 0.3 is 0 Å². The number of benzene rings is 1. The van der Waals surface area contributed by atoms with Gasteiger partial charge in [0.15, 0.2) is 0 Å². The van der Waals surface area contributed by atoms with Crippen LogP contribution in [0.2, 0.25) is 0 Å². The van der Waals surface area contributed by atoms with Crippen LogP contribution in [0.3, 0.4) is 0 Å². The van der Waals surface area contributed by atoms with Crippen molar-refractivity contribution in [3.05, 3.63) is 29.8 Å². The van der Waals surface area contributed by atoms with Crippen LogP contribution < -0.4 is 10.6 Å². The van der Waals surface area contributed by atoms with E-state index in [1.807, 2.05) is 29.2 Å². The molecule has 3 rings (SSSR count). The molecule has 7 nitrogen and oxygen atoms in total. The summed E-state index contributed by atoms with van der Waals surface area (Å²) in [5.74, 6) is 0.451. The summed E-state index contributed by atoms with van der Waals surface area (Å²) in [6, 6.07) is 7.04. The third-order valence-electron chi connectivity index (χ3n) is 4.37. The summed E-state index contributed by atoms with van der Waals surface area (Å²) in [6.45, 7) is 6.74. The molecule has 1 saturated heterocycles. The van der Waals surface area contributed by atoms with Gasteiger partial charge < -0.3 is 15.0 Å². The van der Waals surface area contributed by atoms with E-state index in [2.05, 4.69) is 29.5 Å². The number of rotatable bonds is 3. The predicted molar refractivity (Wildman–Crippen MR) is 95.5 cm³/mol. The van der Waals surface area contributed by atoms with Crippen LogP contribution in [-0.2, 0) is 14.3 Å². The molecule has 2 aliphatic rings. The molecule has 2 N–H and O–H groups in total. The molecule has 134 valence electrons. The molecular weight excluding hydrogens is 320 g/mol. The van der Waals surface area contributed by atoms with Crippen LogP contribution in [0.15, 0.2) is 29.3 Å². The second kappa shape index (κ2) is 7.65. The second-order valence-corrected chi connectivity index (χ2v) is 6.59. The summed E-state index contributed by atoms with van der Waals surface area (Å²) in [5.41, 5.74) is 1.92. The lowest BCUT2D eigenvalue weighted by atomic mass is 10.0. The SMILES string of the molecule is CC(C)c1ccc(NC(=O)[C@@H]2CC(=O)NC(N3CCOCC3)=N2)cc1. The summed E-state index contributed by atoms with van der Waals surface area (Å²) in [7, 11) is 0. The molecule has 0 aromatic heterocycles. The van der Waals surface area contributed by atoms with E-state index in [0.29, 0.717) is 43.9 Å². The molecule has 1 aromatic carbocycles. The first-order valence-corrected chi connectivity index (χ1v) is 8.64. The second-order valence-electron chi connectivity index (χ2n) is 6.59. The first-order chi connectivity index (χ1) is 12.0. The number of amides is 2. The van der Waals surface area contributed by atoms with E-state index in [1.54, 1.807) is 0 Å². The number of anilines is 1. The Kier molecular flexibility index (Phi) is 5.33. The zero-order chi connectivity index (χ0) is 17.8. The first kappa shape index (κ1) is 17.4. The topological polar surface area (TPSA) is 83.0 Å². The minimum absolute atomic E-state index is 0.0593. The lowest BCUT2D eigenvalue weighted by Crippen LogP contribution is -2.53. The first-order valence-electron chi connectivity index (χ1n) is 8.64. The van der Waals surface area contributed by atoms with E-state index in [1.165, 1.54) is 5.56 Å². The molecule has 2 heterocycles. The van der Waals surface area contributed by atoms with E-state index in [0.717, 1.165) is 0 Å². The normalized spacial score (nSPS) is 20.9. The van der Waals surface area contributed by atoms with Crippen molar-refractivity contribution >= 4 is 23.5 Å². The molecule has 0 bridgehead atoms. The largest absolute Gasteiger partial charge is 0.378 e. The standard InChI is InChI=1S/C18H24N4O3/c1-12(2)13-3-5-14(6-4-13)19-17(24)15-11-16(23)21-18(20-15)22-7-9-25-10-8-22/h3-6,12,15H,7-11H2,1-2H3,(H,19,24)(H,20,21,23)/t15-/m0/s1. The Morgan fingerprint density at radius 3 is 2.60 bits per heavy atom. The van der Waals surface area contributed by atoms with Gasteiger partial charge in [-0.2, -0.15) is 0 Å². The van der Waals surface area contributed by atoms with Crippen molar-refractivity contribution in [1.82, 2.24) is 10.2 Å². The Balaban J connectivity index is 1.68. The number of hydrogen-bond donors (Lipinski definition) is 2. The number of carbonyl (C=O) groups is 2. The number of nitrogens with one attached hydrogen (secondary N) is 2. The Morgan fingerprint density at radius 1 is 1.28 bits per heavy atom. The van der Waals surface area contributed by atoms with E-state index < -0.39 is 6.04 Å². The van der Waals surface area contributed by atoms with Gasteiger partial charge in [-0.15, -0.1) is 0 Å². The zero-order valence-electron chi connectivity index (χ0n) is 14.6. The van der Waals surface area contributed by atoms with Crippen molar-refractivity contribution in [2.45, 2.75) is 32.2 Å². The number of carbonyl (C=O) groups excluding carboxylic acids is 2. The molecule has 7 heteroatoms. The lowest BCUT2D eigenvalue weighted by Gasteiger charge is -2.32. The average Bonchev–Trinajstić information content (AvgIpc) is 2.62. The van der Waals surface area contributed by atoms with Crippen molar-refractivity contribution in [3.8, 4) is 0 Å². The van der Waals surface area contributed by atoms with E-state index in [-0.39, 0.29) is 18.2 Å². The van der Waals surface area contributed by atoms with Gasteiger partial charge in [0.25, 0.3) is 0 Å². The summed E-state index contributed by atoms with van der Waals surface area (Å²) in [5, 5.41) is 5.61. The van der Waals surface area contributed by atoms with Crippen LogP contribution in [0.5, 0.6) is 0 Å². The third kappa shape index (κ3) is 4.36. The quantitative estimate of drug-likeness (QED) is 0.866. The number of ether oxygens (including phenoxy) is 1. The Bertz CT molecular complexity index is 663. The smallest absolute Gasteiger partial charge is 0.249 e. The maximum atomic E-state index is 12.5. The lowest BCUT2D eigenvalue weighted by molar-refractivity contribution is -0.125. The molecule has 0 saturated carbocycles. The molecule has 0 radical (unpaired) electrons. The molecule has 2 amide bonds. The van der Waals surface area contributed by atoms with Gasteiger partial charge in [0.1, 0.15) is 6.04 Å². The minimum Gasteiger partial charge on any atom is -0.378 e. The molecule has 1 aromatic rings. The maximum absolute atomic E-state index is 12.5. The number of morpholine rings is 1. The van der Waals surface area contributed by atoms with Crippen molar-refractivity contribution in [2.75, 3.05) is 31.6 Å². The summed E-state index contributed by atoms with van der Waals surface area (Å²) < 4.78 is 5.31. The molecule has 0 spiro atoms. The van der Waals surface area contributed by atoms with Crippen molar-refractivity contribution in [1.29, 1.82) is 0 Å². The highest BCUT2D eigenvalue weighted by molar-refractivity contribution is 6.05. The highest BCUT2D eigenvalue weighted by Crippen LogP contribution is 2.18. The molecule has 1 atom stereocenters. The van der Waals surface area contributed by atoms with Crippen molar-refractivity contribution in [3.63, 3.8) is 0 Å². The Hall–Kier alpha value is -2.41. The van der Waals surface area contributed by atoms with Gasteiger partial charge in [-0.25, -0.2) is 4.99 Å². The molecular formula is C18H24N4O3. The zero-order valence-corrected chi connectivity index (χ0v) is 14.6. The number of nitrogens with zero attached hydrogens (tertiary/aromatic N) is 2. The highest BCUT2D eigenvalue weighted by atomic mass is 16.5. The van der Waals surface area contributed by atoms with Crippen LogP contribution in [0.1, 0.15) is 31.7 Å². The van der Waals surface area contributed by atoms with Crippen LogP contribution in [-0.4, -0.2) is 55.0 Å². The monoisotopic (exact) mass is 344 g/mol. The van der Waals surface area contributed by atoms with E-state index in [4.69, 9.17) is 4.74 Å². The fourth-order valence-corrected chi connectivity index (χ4v) is 2.84. The average molecular weight is 344 g/mol. The Morgan fingerprint density at radius 2 is 1.96 bits per heavy atom.